The van der Waals surface area contributed by atoms with Gasteiger partial charge in [-0.3, -0.25) is 4.79 Å². The summed E-state index contributed by atoms with van der Waals surface area (Å²) in [7, 11) is 0. The maximum atomic E-state index is 13.3. The lowest BCUT2D eigenvalue weighted by molar-refractivity contribution is 0.0984. The van der Waals surface area contributed by atoms with E-state index >= 15 is 0 Å². The minimum absolute atomic E-state index is 0.0353. The van der Waals surface area contributed by atoms with Crippen LogP contribution in [0.3, 0.4) is 0 Å². The number of hydrogen-bond donors (Lipinski definition) is 0. The standard InChI is InChI=1S/C22H14BrN3O/c23-18-9-3-1-7-16(18)22(27)26-13-15-12-14-6-5-11-24-21(14)25-20(15)17-8-2-4-10-19(17)26/h1-12H,13H2. The van der Waals surface area contributed by atoms with Gasteiger partial charge in [-0.05, 0) is 57.9 Å². The Labute approximate surface area is 164 Å². The number of carbonyl (C=O) groups excluding carboxylic acids is 1. The fourth-order valence-corrected chi connectivity index (χ4v) is 3.98. The molecule has 0 saturated heterocycles. The topological polar surface area (TPSA) is 46.1 Å². The Morgan fingerprint density at radius 3 is 2.70 bits per heavy atom. The van der Waals surface area contributed by atoms with Gasteiger partial charge in [-0.2, -0.15) is 0 Å². The molecule has 130 valence electrons. The fraction of sp³-hybridized carbons (Fsp3) is 0.0455. The first-order chi connectivity index (χ1) is 13.2. The van der Waals surface area contributed by atoms with E-state index in [0.29, 0.717) is 12.1 Å². The molecule has 0 radical (unpaired) electrons. The van der Waals surface area contributed by atoms with Crippen molar-refractivity contribution in [1.82, 2.24) is 9.97 Å². The largest absolute Gasteiger partial charge is 0.303 e. The molecule has 0 unspecified atom stereocenters. The van der Waals surface area contributed by atoms with Crippen LogP contribution < -0.4 is 4.90 Å². The fourth-order valence-electron chi connectivity index (χ4n) is 3.53. The Hall–Kier alpha value is -3.05. The van der Waals surface area contributed by atoms with Gasteiger partial charge in [0.05, 0.1) is 23.5 Å². The molecule has 0 aliphatic carbocycles. The predicted molar refractivity (Wildman–Crippen MR) is 110 cm³/mol. The first-order valence-electron chi connectivity index (χ1n) is 8.63. The van der Waals surface area contributed by atoms with Crippen molar-refractivity contribution in [2.75, 3.05) is 4.90 Å². The first-order valence-corrected chi connectivity index (χ1v) is 9.42. The summed E-state index contributed by atoms with van der Waals surface area (Å²) in [6.07, 6.45) is 1.75. The number of pyridine rings is 2. The van der Waals surface area contributed by atoms with Crippen molar-refractivity contribution in [3.8, 4) is 11.3 Å². The molecule has 0 bridgehead atoms. The monoisotopic (exact) mass is 415 g/mol. The van der Waals surface area contributed by atoms with Gasteiger partial charge in [0.1, 0.15) is 0 Å². The average molecular weight is 416 g/mol. The summed E-state index contributed by atoms with van der Waals surface area (Å²) in [5, 5.41) is 0.976. The third-order valence-corrected chi connectivity index (χ3v) is 5.49. The summed E-state index contributed by atoms with van der Waals surface area (Å²) in [6, 6.07) is 21.4. The number of nitrogens with zero attached hydrogens (tertiary/aromatic N) is 3. The summed E-state index contributed by atoms with van der Waals surface area (Å²) in [6.45, 7) is 0.477. The van der Waals surface area contributed by atoms with E-state index in [1.165, 1.54) is 0 Å². The number of amides is 1. The van der Waals surface area contributed by atoms with Crippen LogP contribution in [0.15, 0.2) is 77.4 Å². The highest BCUT2D eigenvalue weighted by atomic mass is 79.9. The molecule has 5 rings (SSSR count). The molecule has 4 aromatic rings. The lowest BCUT2D eigenvalue weighted by atomic mass is 9.96. The van der Waals surface area contributed by atoms with E-state index in [2.05, 4.69) is 27.0 Å². The van der Waals surface area contributed by atoms with E-state index in [9.17, 15) is 4.79 Å². The Kier molecular flexibility index (Phi) is 3.76. The second kappa shape index (κ2) is 6.28. The van der Waals surface area contributed by atoms with Crippen LogP contribution >= 0.6 is 15.9 Å². The van der Waals surface area contributed by atoms with Crippen LogP contribution in [0, 0.1) is 0 Å². The number of hydrogen-bond acceptors (Lipinski definition) is 3. The van der Waals surface area contributed by atoms with Gasteiger partial charge >= 0.3 is 0 Å². The smallest absolute Gasteiger partial charge is 0.259 e. The van der Waals surface area contributed by atoms with Crippen LogP contribution in [0.2, 0.25) is 0 Å². The maximum absolute atomic E-state index is 13.3. The van der Waals surface area contributed by atoms with Crippen molar-refractivity contribution in [2.45, 2.75) is 6.54 Å². The van der Waals surface area contributed by atoms with Crippen molar-refractivity contribution in [3.05, 3.63) is 88.5 Å². The molecule has 0 saturated carbocycles. The summed E-state index contributed by atoms with van der Waals surface area (Å²) in [5.41, 5.74) is 5.10. The SMILES string of the molecule is O=C(c1ccccc1Br)N1Cc2cc3cccnc3nc2-c2ccccc21. The number of benzene rings is 2. The quantitative estimate of drug-likeness (QED) is 0.428. The summed E-state index contributed by atoms with van der Waals surface area (Å²) in [4.78, 5) is 24.3. The summed E-state index contributed by atoms with van der Waals surface area (Å²) in [5.74, 6) is -0.0353. The molecule has 4 nitrogen and oxygen atoms in total. The van der Waals surface area contributed by atoms with Crippen molar-refractivity contribution < 1.29 is 4.79 Å². The zero-order chi connectivity index (χ0) is 18.4. The Bertz CT molecular complexity index is 1210. The van der Waals surface area contributed by atoms with Gasteiger partial charge in [-0.15, -0.1) is 0 Å². The first kappa shape index (κ1) is 16.1. The number of aromatic nitrogens is 2. The number of anilines is 1. The Morgan fingerprint density at radius 1 is 1.00 bits per heavy atom. The Morgan fingerprint density at radius 2 is 1.81 bits per heavy atom. The van der Waals surface area contributed by atoms with Gasteiger partial charge in [0.2, 0.25) is 0 Å². The zero-order valence-corrected chi connectivity index (χ0v) is 15.8. The number of halogens is 1. The third-order valence-electron chi connectivity index (χ3n) is 4.80. The molecule has 1 aliphatic rings. The van der Waals surface area contributed by atoms with Crippen LogP contribution in [-0.4, -0.2) is 15.9 Å². The number of para-hydroxylation sites is 1. The number of rotatable bonds is 1. The highest BCUT2D eigenvalue weighted by molar-refractivity contribution is 9.10. The van der Waals surface area contributed by atoms with Crippen LogP contribution in [0.5, 0.6) is 0 Å². The molecule has 0 N–H and O–H groups in total. The molecule has 1 aliphatic heterocycles. The van der Waals surface area contributed by atoms with Crippen LogP contribution in [0.1, 0.15) is 15.9 Å². The molecule has 0 atom stereocenters. The van der Waals surface area contributed by atoms with E-state index in [0.717, 1.165) is 38.0 Å². The highest BCUT2D eigenvalue weighted by Gasteiger charge is 2.29. The van der Waals surface area contributed by atoms with Crippen molar-refractivity contribution in [2.24, 2.45) is 0 Å². The molecule has 27 heavy (non-hydrogen) atoms. The van der Waals surface area contributed by atoms with E-state index in [4.69, 9.17) is 4.98 Å². The maximum Gasteiger partial charge on any atom is 0.259 e. The van der Waals surface area contributed by atoms with E-state index < -0.39 is 0 Å². The molecular weight excluding hydrogens is 402 g/mol. The second-order valence-electron chi connectivity index (χ2n) is 6.43. The van der Waals surface area contributed by atoms with Gasteiger partial charge < -0.3 is 4.90 Å². The number of carbonyl (C=O) groups is 1. The lowest BCUT2D eigenvalue weighted by Crippen LogP contribution is -2.33. The molecule has 1 amide bonds. The molecule has 2 aromatic heterocycles. The normalized spacial score (nSPS) is 12.6. The molecule has 0 fully saturated rings. The minimum atomic E-state index is -0.0353. The zero-order valence-electron chi connectivity index (χ0n) is 14.3. The van der Waals surface area contributed by atoms with Crippen LogP contribution in [0.25, 0.3) is 22.3 Å². The van der Waals surface area contributed by atoms with Gasteiger partial charge in [-0.1, -0.05) is 30.3 Å². The van der Waals surface area contributed by atoms with Crippen molar-refractivity contribution in [1.29, 1.82) is 0 Å². The molecule has 3 heterocycles. The van der Waals surface area contributed by atoms with E-state index in [-0.39, 0.29) is 5.91 Å². The molecular formula is C22H14BrN3O. The van der Waals surface area contributed by atoms with E-state index in [1.54, 1.807) is 6.20 Å². The molecule has 5 heteroatoms. The third kappa shape index (κ3) is 2.62. The summed E-state index contributed by atoms with van der Waals surface area (Å²) < 4.78 is 0.791. The number of fused-ring (bicyclic) bond motifs is 4. The van der Waals surface area contributed by atoms with Crippen LogP contribution in [-0.2, 0) is 6.54 Å². The van der Waals surface area contributed by atoms with Gasteiger partial charge in [0, 0.05) is 21.6 Å². The predicted octanol–water partition coefficient (Wildman–Crippen LogP) is 5.22. The summed E-state index contributed by atoms with van der Waals surface area (Å²) >= 11 is 3.50. The molecule has 0 spiro atoms. The van der Waals surface area contributed by atoms with Crippen LogP contribution in [0.4, 0.5) is 5.69 Å². The van der Waals surface area contributed by atoms with E-state index in [1.807, 2.05) is 65.6 Å². The highest BCUT2D eigenvalue weighted by Crippen LogP contribution is 2.39. The van der Waals surface area contributed by atoms with Gasteiger partial charge in [-0.25, -0.2) is 9.97 Å². The van der Waals surface area contributed by atoms with Crippen molar-refractivity contribution in [3.63, 3.8) is 0 Å². The van der Waals surface area contributed by atoms with Gasteiger partial charge in [0.15, 0.2) is 5.65 Å². The molecule has 2 aromatic carbocycles. The minimum Gasteiger partial charge on any atom is -0.303 e. The van der Waals surface area contributed by atoms with Gasteiger partial charge in [0.25, 0.3) is 5.91 Å². The van der Waals surface area contributed by atoms with Crippen molar-refractivity contribution >= 4 is 38.6 Å². The lowest BCUT2D eigenvalue weighted by Gasteiger charge is -2.31. The average Bonchev–Trinajstić information content (AvgIpc) is 2.72. The second-order valence-corrected chi connectivity index (χ2v) is 7.29. The Balaban J connectivity index is 1.70.